The molecule has 2 N–H and O–H groups in total. The maximum absolute atomic E-state index is 12.6. The van der Waals surface area contributed by atoms with Gasteiger partial charge in [-0.05, 0) is 50.2 Å². The lowest BCUT2D eigenvalue weighted by atomic mass is 9.88. The first-order valence-corrected chi connectivity index (χ1v) is 10.4. The molecule has 0 spiro atoms. The van der Waals surface area contributed by atoms with Crippen molar-refractivity contribution < 1.29 is 13.3 Å². The van der Waals surface area contributed by atoms with Crippen molar-refractivity contribution in [1.29, 1.82) is 0 Å². The number of nitrogens with one attached hydrogen (secondary N) is 2. The van der Waals surface area contributed by atoms with Crippen LogP contribution < -0.4 is 10.0 Å². The zero-order valence-electron chi connectivity index (χ0n) is 14.8. The Bertz CT molecular complexity index is 698. The van der Waals surface area contributed by atoms with E-state index in [0.717, 1.165) is 44.6 Å². The molecule has 0 atom stereocenters. The van der Waals surface area contributed by atoms with Gasteiger partial charge in [-0.1, -0.05) is 20.3 Å². The third-order valence-electron chi connectivity index (χ3n) is 4.66. The summed E-state index contributed by atoms with van der Waals surface area (Å²) in [6.07, 6.45) is 5.45. The van der Waals surface area contributed by atoms with E-state index in [-0.39, 0.29) is 16.6 Å². The summed E-state index contributed by atoms with van der Waals surface area (Å²) in [4.78, 5) is 10.7. The molecule has 0 saturated heterocycles. The van der Waals surface area contributed by atoms with Gasteiger partial charge in [-0.15, -0.1) is 0 Å². The number of hydrogen-bond donors (Lipinski definition) is 2. The summed E-state index contributed by atoms with van der Waals surface area (Å²) in [5.41, 5.74) is 0.139. The second kappa shape index (κ2) is 8.62. The predicted molar refractivity (Wildman–Crippen MR) is 98.2 cm³/mol. The molecule has 25 heavy (non-hydrogen) atoms. The molecule has 8 heteroatoms. The Kier molecular flexibility index (Phi) is 6.78. The predicted octanol–water partition coefficient (Wildman–Crippen LogP) is 3.66. The molecular formula is C17H27N3O4S. The summed E-state index contributed by atoms with van der Waals surface area (Å²) in [5.74, 6) is 0.621. The highest BCUT2D eigenvalue weighted by Crippen LogP contribution is 2.29. The van der Waals surface area contributed by atoms with Crippen molar-refractivity contribution in [1.82, 2.24) is 4.72 Å². The van der Waals surface area contributed by atoms with Gasteiger partial charge in [0, 0.05) is 18.7 Å². The Morgan fingerprint density at radius 1 is 1.24 bits per heavy atom. The Hall–Kier alpha value is -1.67. The minimum atomic E-state index is -3.76. The number of nitro groups is 1. The van der Waals surface area contributed by atoms with Gasteiger partial charge in [0.25, 0.3) is 5.69 Å². The lowest BCUT2D eigenvalue weighted by molar-refractivity contribution is -0.384. The van der Waals surface area contributed by atoms with Crippen LogP contribution in [0.2, 0.25) is 0 Å². The van der Waals surface area contributed by atoms with E-state index in [9.17, 15) is 18.5 Å². The summed E-state index contributed by atoms with van der Waals surface area (Å²) in [6.45, 7) is 4.81. The van der Waals surface area contributed by atoms with Crippen molar-refractivity contribution in [3.63, 3.8) is 0 Å². The van der Waals surface area contributed by atoms with E-state index in [1.54, 1.807) is 0 Å². The summed E-state index contributed by atoms with van der Waals surface area (Å²) in [5, 5.41) is 14.3. The van der Waals surface area contributed by atoms with E-state index in [4.69, 9.17) is 0 Å². The van der Waals surface area contributed by atoms with E-state index in [1.807, 2.05) is 6.92 Å². The Morgan fingerprint density at radius 3 is 2.52 bits per heavy atom. The number of nitro benzene ring substituents is 1. The molecule has 0 amide bonds. The SMILES string of the molecule is CCCCNc1ccc(S(=O)(=O)NC2CCC(C)CC2)cc1[N+](=O)[O-]. The Labute approximate surface area is 149 Å². The minimum absolute atomic E-state index is 0.0566. The minimum Gasteiger partial charge on any atom is -0.379 e. The van der Waals surface area contributed by atoms with Gasteiger partial charge in [0.15, 0.2) is 0 Å². The van der Waals surface area contributed by atoms with Gasteiger partial charge in [0.05, 0.1) is 9.82 Å². The largest absolute Gasteiger partial charge is 0.379 e. The van der Waals surface area contributed by atoms with Crippen molar-refractivity contribution in [2.24, 2.45) is 5.92 Å². The summed E-state index contributed by atoms with van der Waals surface area (Å²) in [7, 11) is -3.76. The molecule has 2 rings (SSSR count). The zero-order chi connectivity index (χ0) is 18.4. The molecule has 1 saturated carbocycles. The molecule has 0 aliphatic heterocycles. The van der Waals surface area contributed by atoms with Crippen molar-refractivity contribution >= 4 is 21.4 Å². The highest BCUT2D eigenvalue weighted by molar-refractivity contribution is 7.89. The molecule has 0 radical (unpaired) electrons. The molecule has 0 bridgehead atoms. The molecule has 1 aliphatic carbocycles. The van der Waals surface area contributed by atoms with Crippen molar-refractivity contribution in [2.45, 2.75) is 63.3 Å². The first kappa shape index (κ1) is 19.7. The second-order valence-electron chi connectivity index (χ2n) is 6.79. The van der Waals surface area contributed by atoms with Gasteiger partial charge in [-0.25, -0.2) is 13.1 Å². The fourth-order valence-electron chi connectivity index (χ4n) is 3.04. The molecule has 1 aromatic rings. The Balaban J connectivity index is 2.16. The van der Waals surface area contributed by atoms with Gasteiger partial charge in [0.2, 0.25) is 10.0 Å². The monoisotopic (exact) mass is 369 g/mol. The van der Waals surface area contributed by atoms with Gasteiger partial charge in [-0.2, -0.15) is 0 Å². The highest BCUT2D eigenvalue weighted by atomic mass is 32.2. The third-order valence-corrected chi connectivity index (χ3v) is 6.18. The zero-order valence-corrected chi connectivity index (χ0v) is 15.6. The topological polar surface area (TPSA) is 101 Å². The second-order valence-corrected chi connectivity index (χ2v) is 8.51. The number of hydrogen-bond acceptors (Lipinski definition) is 5. The highest BCUT2D eigenvalue weighted by Gasteiger charge is 2.26. The molecule has 1 aromatic carbocycles. The fraction of sp³-hybridized carbons (Fsp3) is 0.647. The number of sulfonamides is 1. The van der Waals surface area contributed by atoms with Gasteiger partial charge in [0.1, 0.15) is 5.69 Å². The normalized spacial score (nSPS) is 21.0. The quantitative estimate of drug-likeness (QED) is 0.414. The van der Waals surface area contributed by atoms with Crippen LogP contribution in [0.4, 0.5) is 11.4 Å². The summed E-state index contributed by atoms with van der Waals surface area (Å²) >= 11 is 0. The number of benzene rings is 1. The van der Waals surface area contributed by atoms with Crippen LogP contribution in [0.25, 0.3) is 0 Å². The van der Waals surface area contributed by atoms with Gasteiger partial charge >= 0.3 is 0 Å². The van der Waals surface area contributed by atoms with E-state index in [0.29, 0.717) is 18.2 Å². The maximum atomic E-state index is 12.6. The summed E-state index contributed by atoms with van der Waals surface area (Å²) < 4.78 is 27.8. The molecule has 0 unspecified atom stereocenters. The third kappa shape index (κ3) is 5.40. The molecule has 0 heterocycles. The molecular weight excluding hydrogens is 342 g/mol. The number of rotatable bonds is 8. The van der Waals surface area contributed by atoms with E-state index < -0.39 is 14.9 Å². The maximum Gasteiger partial charge on any atom is 0.293 e. The number of nitrogens with zero attached hydrogens (tertiary/aromatic N) is 1. The molecule has 0 aromatic heterocycles. The summed E-state index contributed by atoms with van der Waals surface area (Å²) in [6, 6.07) is 3.95. The average Bonchev–Trinajstić information content (AvgIpc) is 2.57. The standard InChI is InChI=1S/C17H27N3O4S/c1-3-4-11-18-16-10-9-15(12-17(16)20(21)22)25(23,24)19-14-7-5-13(2)6-8-14/h9-10,12-14,18-19H,3-8,11H2,1-2H3. The molecule has 140 valence electrons. The lowest BCUT2D eigenvalue weighted by Gasteiger charge is -2.26. The smallest absolute Gasteiger partial charge is 0.293 e. The van der Waals surface area contributed by atoms with Crippen LogP contribution in [0.15, 0.2) is 23.1 Å². The average molecular weight is 369 g/mol. The number of unbranched alkanes of at least 4 members (excludes halogenated alkanes) is 1. The van der Waals surface area contributed by atoms with E-state index in [1.165, 1.54) is 12.1 Å². The van der Waals surface area contributed by atoms with E-state index in [2.05, 4.69) is 17.0 Å². The van der Waals surface area contributed by atoms with Crippen LogP contribution in [-0.4, -0.2) is 25.9 Å². The Morgan fingerprint density at radius 2 is 1.92 bits per heavy atom. The van der Waals surface area contributed by atoms with Crippen molar-refractivity contribution in [3.05, 3.63) is 28.3 Å². The van der Waals surface area contributed by atoms with Crippen molar-refractivity contribution in [2.75, 3.05) is 11.9 Å². The fourth-order valence-corrected chi connectivity index (χ4v) is 4.37. The lowest BCUT2D eigenvalue weighted by Crippen LogP contribution is -2.37. The van der Waals surface area contributed by atoms with Crippen LogP contribution in [0.5, 0.6) is 0 Å². The van der Waals surface area contributed by atoms with Gasteiger partial charge in [-0.3, -0.25) is 10.1 Å². The van der Waals surface area contributed by atoms with Crippen molar-refractivity contribution in [3.8, 4) is 0 Å². The van der Waals surface area contributed by atoms with E-state index >= 15 is 0 Å². The van der Waals surface area contributed by atoms with Crippen LogP contribution in [0.3, 0.4) is 0 Å². The first-order chi connectivity index (χ1) is 11.8. The first-order valence-electron chi connectivity index (χ1n) is 8.88. The van der Waals surface area contributed by atoms with Crippen LogP contribution in [0.1, 0.15) is 52.4 Å². The van der Waals surface area contributed by atoms with Crippen LogP contribution in [-0.2, 0) is 10.0 Å². The van der Waals surface area contributed by atoms with Gasteiger partial charge < -0.3 is 5.32 Å². The van der Waals surface area contributed by atoms with Crippen LogP contribution in [0, 0.1) is 16.0 Å². The molecule has 7 nitrogen and oxygen atoms in total. The van der Waals surface area contributed by atoms with Crippen LogP contribution >= 0.6 is 0 Å². The molecule has 1 fully saturated rings. The molecule has 1 aliphatic rings. The number of anilines is 1.